The van der Waals surface area contributed by atoms with Gasteiger partial charge in [0.15, 0.2) is 0 Å². The number of carbonyl (C=O) groups excluding carboxylic acids is 3. The van der Waals surface area contributed by atoms with Crippen LogP contribution in [0.2, 0.25) is 5.02 Å². The maximum absolute atomic E-state index is 13.2. The zero-order valence-electron chi connectivity index (χ0n) is 17.7. The number of hydrogen-bond acceptors (Lipinski definition) is 5. The molecule has 8 nitrogen and oxygen atoms in total. The van der Waals surface area contributed by atoms with Crippen LogP contribution < -0.4 is 5.32 Å². The molecule has 1 aromatic heterocycles. The average molecular weight is 437 g/mol. The molecule has 2 aliphatic rings. The van der Waals surface area contributed by atoms with Crippen molar-refractivity contribution in [1.29, 1.82) is 0 Å². The monoisotopic (exact) mass is 436 g/mol. The molecule has 2 fully saturated rings. The molecule has 3 amide bonds. The molecule has 0 spiro atoms. The highest BCUT2D eigenvalue weighted by Crippen LogP contribution is 2.25. The number of carbonyl (C=O) groups is 3. The first kappa shape index (κ1) is 22.3. The fraction of sp³-hybridized carbons (Fsp3) is 0.619. The Bertz CT molecular complexity index is 793. The minimum Gasteiger partial charge on any atom is -0.444 e. The summed E-state index contributed by atoms with van der Waals surface area (Å²) in [4.78, 5) is 45.7. The summed E-state index contributed by atoms with van der Waals surface area (Å²) in [5.74, 6) is -0.172. The van der Waals surface area contributed by atoms with Gasteiger partial charge in [0, 0.05) is 25.8 Å². The molecule has 0 radical (unpaired) electrons. The van der Waals surface area contributed by atoms with E-state index in [0.717, 1.165) is 12.8 Å². The van der Waals surface area contributed by atoms with Crippen molar-refractivity contribution in [2.75, 3.05) is 25.0 Å². The molecule has 1 aromatic rings. The van der Waals surface area contributed by atoms with Gasteiger partial charge in [-0.05, 0) is 58.6 Å². The zero-order valence-corrected chi connectivity index (χ0v) is 18.4. The number of halogens is 1. The van der Waals surface area contributed by atoms with Crippen LogP contribution in [0.5, 0.6) is 0 Å². The first-order chi connectivity index (χ1) is 14.1. The van der Waals surface area contributed by atoms with Crippen LogP contribution in [0.15, 0.2) is 18.3 Å². The minimum absolute atomic E-state index is 0.111. The van der Waals surface area contributed by atoms with Gasteiger partial charge in [-0.1, -0.05) is 11.6 Å². The maximum Gasteiger partial charge on any atom is 0.410 e. The first-order valence-electron chi connectivity index (χ1n) is 10.3. The standard InChI is InChI=1S/C21H29ClN4O4/c1-21(2,3)30-20(29)26-11-5-7-16(26)19(28)25-10-4-6-14(13-25)18(27)24-17-9-8-15(22)12-23-17/h8-9,12,14,16H,4-7,10-11,13H2,1-3H3,(H,23,24,27)/t14?,16-/m0/s1. The summed E-state index contributed by atoms with van der Waals surface area (Å²) in [7, 11) is 0. The van der Waals surface area contributed by atoms with Crippen LogP contribution in [0.3, 0.4) is 0 Å². The minimum atomic E-state index is -0.614. The number of piperidine rings is 1. The van der Waals surface area contributed by atoms with Gasteiger partial charge in [-0.25, -0.2) is 9.78 Å². The van der Waals surface area contributed by atoms with E-state index in [1.165, 1.54) is 11.1 Å². The fourth-order valence-corrected chi connectivity index (χ4v) is 3.95. The molecule has 2 atom stereocenters. The normalized spacial score (nSPS) is 22.0. The van der Waals surface area contributed by atoms with Crippen molar-refractivity contribution >= 4 is 35.3 Å². The van der Waals surface area contributed by atoms with Gasteiger partial charge in [0.1, 0.15) is 17.5 Å². The van der Waals surface area contributed by atoms with Gasteiger partial charge in [-0.3, -0.25) is 14.5 Å². The van der Waals surface area contributed by atoms with Crippen LogP contribution in [0, 0.1) is 5.92 Å². The Balaban J connectivity index is 1.61. The van der Waals surface area contributed by atoms with E-state index in [9.17, 15) is 14.4 Å². The number of hydrogen-bond donors (Lipinski definition) is 1. The lowest BCUT2D eigenvalue weighted by Gasteiger charge is -2.36. The van der Waals surface area contributed by atoms with E-state index in [4.69, 9.17) is 16.3 Å². The van der Waals surface area contributed by atoms with Gasteiger partial charge in [0.25, 0.3) is 0 Å². The molecule has 1 N–H and O–H groups in total. The Kier molecular flexibility index (Phi) is 6.85. The Morgan fingerprint density at radius 2 is 1.90 bits per heavy atom. The average Bonchev–Trinajstić information content (AvgIpc) is 3.18. The molecule has 0 saturated carbocycles. The van der Waals surface area contributed by atoms with Crippen LogP contribution in [0.4, 0.5) is 10.6 Å². The number of nitrogens with zero attached hydrogens (tertiary/aromatic N) is 3. The van der Waals surface area contributed by atoms with Gasteiger partial charge in [-0.15, -0.1) is 0 Å². The molecular formula is C21H29ClN4O4. The third kappa shape index (κ3) is 5.62. The van der Waals surface area contributed by atoms with Crippen molar-refractivity contribution < 1.29 is 19.1 Å². The molecule has 0 bridgehead atoms. The molecule has 3 rings (SSSR count). The van der Waals surface area contributed by atoms with Crippen molar-refractivity contribution in [2.24, 2.45) is 5.92 Å². The number of amides is 3. The zero-order chi connectivity index (χ0) is 21.9. The highest BCUT2D eigenvalue weighted by molar-refractivity contribution is 6.30. The number of anilines is 1. The number of likely N-dealkylation sites (tertiary alicyclic amines) is 2. The Labute approximate surface area is 181 Å². The van der Waals surface area contributed by atoms with E-state index in [-0.39, 0.29) is 17.7 Å². The van der Waals surface area contributed by atoms with Gasteiger partial charge in [-0.2, -0.15) is 0 Å². The highest BCUT2D eigenvalue weighted by Gasteiger charge is 2.40. The van der Waals surface area contributed by atoms with Crippen molar-refractivity contribution in [3.8, 4) is 0 Å². The Hall–Kier alpha value is -2.35. The lowest BCUT2D eigenvalue weighted by Crippen LogP contribution is -2.52. The molecule has 1 unspecified atom stereocenters. The summed E-state index contributed by atoms with van der Waals surface area (Å²) >= 11 is 5.83. The summed E-state index contributed by atoms with van der Waals surface area (Å²) in [6, 6.07) is 2.77. The van der Waals surface area contributed by atoms with E-state index >= 15 is 0 Å². The van der Waals surface area contributed by atoms with Crippen molar-refractivity contribution in [1.82, 2.24) is 14.8 Å². The van der Waals surface area contributed by atoms with E-state index in [2.05, 4.69) is 10.3 Å². The van der Waals surface area contributed by atoms with Gasteiger partial charge < -0.3 is 15.0 Å². The highest BCUT2D eigenvalue weighted by atomic mass is 35.5. The van der Waals surface area contributed by atoms with Gasteiger partial charge in [0.2, 0.25) is 11.8 Å². The molecule has 2 saturated heterocycles. The number of aromatic nitrogens is 1. The third-order valence-electron chi connectivity index (χ3n) is 5.25. The quantitative estimate of drug-likeness (QED) is 0.784. The van der Waals surface area contributed by atoms with Gasteiger partial charge in [0.05, 0.1) is 10.9 Å². The molecule has 9 heteroatoms. The lowest BCUT2D eigenvalue weighted by atomic mass is 9.96. The number of nitrogens with one attached hydrogen (secondary N) is 1. The summed E-state index contributed by atoms with van der Waals surface area (Å²) < 4.78 is 5.46. The number of rotatable bonds is 3. The van der Waals surface area contributed by atoms with Crippen molar-refractivity contribution in [3.63, 3.8) is 0 Å². The van der Waals surface area contributed by atoms with Crippen LogP contribution >= 0.6 is 11.6 Å². The lowest BCUT2D eigenvalue weighted by molar-refractivity contribution is -0.138. The molecule has 0 aliphatic carbocycles. The Morgan fingerprint density at radius 3 is 2.57 bits per heavy atom. The second-order valence-corrected chi connectivity index (χ2v) is 9.24. The maximum atomic E-state index is 13.2. The van der Waals surface area contributed by atoms with E-state index in [1.807, 2.05) is 0 Å². The Morgan fingerprint density at radius 1 is 1.17 bits per heavy atom. The third-order valence-corrected chi connectivity index (χ3v) is 5.47. The summed E-state index contributed by atoms with van der Waals surface area (Å²) in [5.41, 5.74) is -0.614. The predicted molar refractivity (Wildman–Crippen MR) is 113 cm³/mol. The summed E-state index contributed by atoms with van der Waals surface area (Å²) in [6.45, 7) is 6.84. The predicted octanol–water partition coefficient (Wildman–Crippen LogP) is 3.31. The van der Waals surface area contributed by atoms with Gasteiger partial charge >= 0.3 is 6.09 Å². The van der Waals surface area contributed by atoms with Crippen LogP contribution in [0.25, 0.3) is 0 Å². The smallest absolute Gasteiger partial charge is 0.410 e. The number of pyridine rings is 1. The van der Waals surface area contributed by atoms with Crippen molar-refractivity contribution in [2.45, 2.75) is 58.1 Å². The molecular weight excluding hydrogens is 408 g/mol. The van der Waals surface area contributed by atoms with Crippen LogP contribution in [0.1, 0.15) is 46.5 Å². The fourth-order valence-electron chi connectivity index (χ4n) is 3.84. The summed E-state index contributed by atoms with van der Waals surface area (Å²) in [6.07, 6.45) is 3.81. The molecule has 30 heavy (non-hydrogen) atoms. The number of ether oxygens (including phenoxy) is 1. The topological polar surface area (TPSA) is 91.8 Å². The molecule has 3 heterocycles. The van der Waals surface area contributed by atoms with E-state index in [0.29, 0.717) is 43.3 Å². The molecule has 164 valence electrons. The van der Waals surface area contributed by atoms with Crippen molar-refractivity contribution in [3.05, 3.63) is 23.4 Å². The van der Waals surface area contributed by atoms with E-state index < -0.39 is 17.7 Å². The second-order valence-electron chi connectivity index (χ2n) is 8.81. The second kappa shape index (κ2) is 9.20. The SMILES string of the molecule is CC(C)(C)OC(=O)N1CCC[C@H]1C(=O)N1CCCC(C(=O)Nc2ccc(Cl)cn2)C1. The van der Waals surface area contributed by atoms with Crippen LogP contribution in [-0.4, -0.2) is 64.0 Å². The van der Waals surface area contributed by atoms with Crippen LogP contribution in [-0.2, 0) is 14.3 Å². The first-order valence-corrected chi connectivity index (χ1v) is 10.7. The molecule has 0 aromatic carbocycles. The van der Waals surface area contributed by atoms with E-state index in [1.54, 1.807) is 37.8 Å². The largest absolute Gasteiger partial charge is 0.444 e. The summed E-state index contributed by atoms with van der Waals surface area (Å²) in [5, 5.41) is 3.28. The molecule has 2 aliphatic heterocycles.